The molecule has 0 aliphatic carbocycles. The SMILES string of the molecule is O=C([O-])/C=C/c1nc2ccccc2s1. The molecule has 0 atom stereocenters. The molecule has 0 spiro atoms. The van der Waals surface area contributed by atoms with Crippen LogP contribution in [0.3, 0.4) is 0 Å². The van der Waals surface area contributed by atoms with E-state index in [1.54, 1.807) is 0 Å². The van der Waals surface area contributed by atoms with Crippen molar-refractivity contribution >= 4 is 33.6 Å². The van der Waals surface area contributed by atoms with Gasteiger partial charge in [-0.15, -0.1) is 11.3 Å². The summed E-state index contributed by atoms with van der Waals surface area (Å²) in [6.45, 7) is 0. The zero-order valence-corrected chi connectivity index (χ0v) is 7.95. The Morgan fingerprint density at radius 2 is 2.21 bits per heavy atom. The van der Waals surface area contributed by atoms with Crippen molar-refractivity contribution in [3.05, 3.63) is 35.3 Å². The summed E-state index contributed by atoms with van der Waals surface area (Å²) >= 11 is 1.45. The first kappa shape index (κ1) is 8.90. The predicted octanol–water partition coefficient (Wildman–Crippen LogP) is 1.06. The highest BCUT2D eigenvalue weighted by Gasteiger charge is 1.98. The standard InChI is InChI=1S/C10H7NO2S/c12-10(13)6-5-9-11-7-3-1-2-4-8(7)14-9/h1-6H,(H,12,13)/p-1/b6-5+. The fraction of sp³-hybridized carbons (Fsp3) is 0. The van der Waals surface area contributed by atoms with Crippen LogP contribution in [0, 0.1) is 0 Å². The first-order chi connectivity index (χ1) is 6.75. The van der Waals surface area contributed by atoms with Crippen LogP contribution in [-0.4, -0.2) is 11.0 Å². The van der Waals surface area contributed by atoms with Crippen LogP contribution in [-0.2, 0) is 4.79 Å². The molecule has 14 heavy (non-hydrogen) atoms. The lowest BCUT2D eigenvalue weighted by atomic mass is 10.3. The first-order valence-corrected chi connectivity index (χ1v) is 4.82. The van der Waals surface area contributed by atoms with Gasteiger partial charge in [-0.25, -0.2) is 4.98 Å². The summed E-state index contributed by atoms with van der Waals surface area (Å²) in [5.41, 5.74) is 0.885. The lowest BCUT2D eigenvalue weighted by Gasteiger charge is -1.87. The number of carboxylic acid groups (broad SMARTS) is 1. The number of rotatable bonds is 2. The molecular weight excluding hydrogens is 198 g/mol. The topological polar surface area (TPSA) is 53.0 Å². The van der Waals surface area contributed by atoms with Crippen molar-refractivity contribution in [2.75, 3.05) is 0 Å². The van der Waals surface area contributed by atoms with Gasteiger partial charge in [0.2, 0.25) is 0 Å². The van der Waals surface area contributed by atoms with Crippen LogP contribution in [0.2, 0.25) is 0 Å². The van der Waals surface area contributed by atoms with Gasteiger partial charge in [0.1, 0.15) is 5.01 Å². The monoisotopic (exact) mass is 204 g/mol. The molecule has 3 nitrogen and oxygen atoms in total. The van der Waals surface area contributed by atoms with E-state index < -0.39 is 5.97 Å². The first-order valence-electron chi connectivity index (χ1n) is 4.00. The number of hydrogen-bond donors (Lipinski definition) is 0. The molecule has 2 rings (SSSR count). The van der Waals surface area contributed by atoms with E-state index in [2.05, 4.69) is 4.98 Å². The molecule has 2 aromatic rings. The van der Waals surface area contributed by atoms with Crippen molar-refractivity contribution in [3.63, 3.8) is 0 Å². The number of carboxylic acids is 1. The maximum atomic E-state index is 10.2. The molecule has 0 saturated carbocycles. The summed E-state index contributed by atoms with van der Waals surface area (Å²) < 4.78 is 1.05. The van der Waals surface area contributed by atoms with E-state index in [1.165, 1.54) is 17.4 Å². The third-order valence-electron chi connectivity index (χ3n) is 1.67. The number of thiazole rings is 1. The van der Waals surface area contributed by atoms with Crippen LogP contribution in [0.5, 0.6) is 0 Å². The molecule has 0 unspecified atom stereocenters. The number of aromatic nitrogens is 1. The molecule has 0 N–H and O–H groups in total. The summed E-state index contributed by atoms with van der Waals surface area (Å²) in [7, 11) is 0. The lowest BCUT2D eigenvalue weighted by molar-refractivity contribution is -0.297. The van der Waals surface area contributed by atoms with Gasteiger partial charge in [-0.3, -0.25) is 0 Å². The summed E-state index contributed by atoms with van der Waals surface area (Å²) in [5, 5.41) is 10.8. The van der Waals surface area contributed by atoms with E-state index in [-0.39, 0.29) is 0 Å². The molecule has 0 aliphatic heterocycles. The maximum absolute atomic E-state index is 10.2. The molecule has 0 aliphatic rings. The van der Waals surface area contributed by atoms with Gasteiger partial charge in [-0.1, -0.05) is 12.1 Å². The third kappa shape index (κ3) is 1.80. The Morgan fingerprint density at radius 1 is 1.43 bits per heavy atom. The molecule has 0 saturated heterocycles. The van der Waals surface area contributed by atoms with Crippen LogP contribution in [0.25, 0.3) is 16.3 Å². The lowest BCUT2D eigenvalue weighted by Crippen LogP contribution is -2.18. The Morgan fingerprint density at radius 3 is 2.93 bits per heavy atom. The van der Waals surface area contributed by atoms with E-state index in [9.17, 15) is 9.90 Å². The molecule has 0 bridgehead atoms. The van der Waals surface area contributed by atoms with Crippen molar-refractivity contribution in [3.8, 4) is 0 Å². The van der Waals surface area contributed by atoms with E-state index in [4.69, 9.17) is 0 Å². The second kappa shape index (κ2) is 3.59. The molecule has 0 fully saturated rings. The Labute approximate surface area is 84.3 Å². The van der Waals surface area contributed by atoms with Crippen LogP contribution >= 0.6 is 11.3 Å². The fourth-order valence-electron chi connectivity index (χ4n) is 1.10. The molecule has 4 heteroatoms. The summed E-state index contributed by atoms with van der Waals surface area (Å²) in [4.78, 5) is 14.4. The van der Waals surface area contributed by atoms with Gasteiger partial charge < -0.3 is 9.90 Å². The summed E-state index contributed by atoms with van der Waals surface area (Å²) in [6.07, 6.45) is 2.43. The van der Waals surface area contributed by atoms with E-state index >= 15 is 0 Å². The average Bonchev–Trinajstić information content (AvgIpc) is 2.57. The predicted molar refractivity (Wildman–Crippen MR) is 53.7 cm³/mol. The van der Waals surface area contributed by atoms with Gasteiger partial charge in [0, 0.05) is 0 Å². The van der Waals surface area contributed by atoms with Crippen molar-refractivity contribution in [2.24, 2.45) is 0 Å². The molecule has 0 radical (unpaired) electrons. The van der Waals surface area contributed by atoms with Crippen molar-refractivity contribution < 1.29 is 9.90 Å². The van der Waals surface area contributed by atoms with Gasteiger partial charge in [-0.05, 0) is 24.3 Å². The van der Waals surface area contributed by atoms with Crippen molar-refractivity contribution in [1.29, 1.82) is 0 Å². The minimum atomic E-state index is -1.20. The van der Waals surface area contributed by atoms with Gasteiger partial charge in [0.05, 0.1) is 16.2 Å². The minimum Gasteiger partial charge on any atom is -0.545 e. The molecule has 70 valence electrons. The van der Waals surface area contributed by atoms with E-state index in [0.717, 1.165) is 16.3 Å². The van der Waals surface area contributed by atoms with Crippen LogP contribution in [0.1, 0.15) is 5.01 Å². The Hall–Kier alpha value is -1.68. The quantitative estimate of drug-likeness (QED) is 0.687. The second-order valence-corrected chi connectivity index (χ2v) is 3.73. The normalized spacial score (nSPS) is 11.1. The second-order valence-electron chi connectivity index (χ2n) is 2.67. The fourth-order valence-corrected chi connectivity index (χ4v) is 1.97. The number of benzene rings is 1. The number of fused-ring (bicyclic) bond motifs is 1. The highest BCUT2D eigenvalue weighted by atomic mass is 32.1. The molecule has 1 aromatic carbocycles. The highest BCUT2D eigenvalue weighted by molar-refractivity contribution is 7.19. The third-order valence-corrected chi connectivity index (χ3v) is 2.67. The van der Waals surface area contributed by atoms with Gasteiger partial charge in [0.25, 0.3) is 0 Å². The minimum absolute atomic E-state index is 0.676. The number of carbonyl (C=O) groups is 1. The van der Waals surface area contributed by atoms with Crippen molar-refractivity contribution in [2.45, 2.75) is 0 Å². The van der Waals surface area contributed by atoms with Gasteiger partial charge in [-0.2, -0.15) is 0 Å². The zero-order valence-electron chi connectivity index (χ0n) is 7.14. The Bertz CT molecular complexity index is 469. The summed E-state index contributed by atoms with van der Waals surface area (Å²) in [5.74, 6) is -1.20. The summed E-state index contributed by atoms with van der Waals surface area (Å²) in [6, 6.07) is 7.66. The number of para-hydroxylation sites is 1. The Balaban J connectivity index is 2.40. The average molecular weight is 204 g/mol. The zero-order chi connectivity index (χ0) is 9.97. The van der Waals surface area contributed by atoms with Crippen LogP contribution in [0.15, 0.2) is 30.3 Å². The molecule has 1 aromatic heterocycles. The maximum Gasteiger partial charge on any atom is 0.117 e. The molecule has 0 amide bonds. The number of aliphatic carboxylic acids is 1. The van der Waals surface area contributed by atoms with E-state index in [0.29, 0.717) is 5.01 Å². The Kier molecular flexibility index (Phi) is 2.28. The van der Waals surface area contributed by atoms with Crippen LogP contribution in [0.4, 0.5) is 0 Å². The number of carbonyl (C=O) groups excluding carboxylic acids is 1. The molecule has 1 heterocycles. The van der Waals surface area contributed by atoms with Crippen LogP contribution < -0.4 is 5.11 Å². The van der Waals surface area contributed by atoms with Gasteiger partial charge in [0.15, 0.2) is 0 Å². The number of nitrogens with zero attached hydrogens (tertiary/aromatic N) is 1. The highest BCUT2D eigenvalue weighted by Crippen LogP contribution is 2.22. The van der Waals surface area contributed by atoms with Crippen molar-refractivity contribution in [1.82, 2.24) is 4.98 Å². The van der Waals surface area contributed by atoms with E-state index in [1.807, 2.05) is 24.3 Å². The molecular formula is C10H6NO2S-. The smallest absolute Gasteiger partial charge is 0.117 e. The number of hydrogen-bond acceptors (Lipinski definition) is 4. The largest absolute Gasteiger partial charge is 0.545 e. The van der Waals surface area contributed by atoms with Gasteiger partial charge >= 0.3 is 0 Å².